The Hall–Kier alpha value is -6.92. The Labute approximate surface area is 465 Å². The standard InChI is InChI=1S/C72H86N4O2/c1-15-17-19-21-45-73-61-41-39-57(75(53-31-23-49(24-32-53)69(3,4)5)54-33-25-50(26-34-54)70(6,7)8)47-59(61)67(77)65-63(73)43-44-64-66(65)68(78)60-48-58(40-42-62(60)74(64)46-22-20-18-16-2)76(55-35-27-51(28-36-55)71(9,10)11)56-37-29-52(30-38-56)72(12,13)14/h23-44,47-48H,15-22,45-46H2,1-14H3. The van der Waals surface area contributed by atoms with Crippen molar-refractivity contribution in [1.29, 1.82) is 0 Å². The van der Waals surface area contributed by atoms with Crippen LogP contribution in [0.2, 0.25) is 0 Å². The van der Waals surface area contributed by atoms with E-state index >= 15 is 9.59 Å². The number of hydrogen-bond acceptors (Lipinski definition) is 4. The second-order valence-corrected chi connectivity index (χ2v) is 26.2. The van der Waals surface area contributed by atoms with E-state index in [1.54, 1.807) is 0 Å². The van der Waals surface area contributed by atoms with E-state index in [0.29, 0.717) is 21.5 Å². The van der Waals surface area contributed by atoms with Gasteiger partial charge in [0, 0.05) is 58.0 Å². The van der Waals surface area contributed by atoms with Crippen LogP contribution in [0.3, 0.4) is 0 Å². The van der Waals surface area contributed by atoms with Crippen LogP contribution in [0.1, 0.15) is 171 Å². The van der Waals surface area contributed by atoms with E-state index in [2.05, 4.69) is 261 Å². The number of unbranched alkanes of at least 4 members (excludes halogenated alkanes) is 6. The fourth-order valence-electron chi connectivity index (χ4n) is 11.4. The zero-order chi connectivity index (χ0) is 55.9. The number of pyridine rings is 2. The van der Waals surface area contributed by atoms with Crippen molar-refractivity contribution in [3.8, 4) is 0 Å². The Balaban J connectivity index is 1.33. The molecule has 0 atom stereocenters. The summed E-state index contributed by atoms with van der Waals surface area (Å²) < 4.78 is 4.67. The van der Waals surface area contributed by atoms with Crippen molar-refractivity contribution in [3.05, 3.63) is 188 Å². The predicted octanol–water partition coefficient (Wildman–Crippen LogP) is 19.9. The Morgan fingerprint density at radius 3 is 0.833 bits per heavy atom. The van der Waals surface area contributed by atoms with Crippen molar-refractivity contribution in [3.63, 3.8) is 0 Å². The summed E-state index contributed by atoms with van der Waals surface area (Å²) >= 11 is 0. The molecule has 0 fully saturated rings. The van der Waals surface area contributed by atoms with Crippen molar-refractivity contribution in [2.24, 2.45) is 0 Å². The van der Waals surface area contributed by atoms with E-state index in [9.17, 15) is 0 Å². The van der Waals surface area contributed by atoms with E-state index < -0.39 is 0 Å². The quantitative estimate of drug-likeness (QED) is 0.0550. The number of benzene rings is 7. The number of anilines is 6. The van der Waals surface area contributed by atoms with Crippen LogP contribution in [0.15, 0.2) is 155 Å². The van der Waals surface area contributed by atoms with Crippen molar-refractivity contribution in [1.82, 2.24) is 9.13 Å². The van der Waals surface area contributed by atoms with Crippen LogP contribution in [-0.4, -0.2) is 9.13 Å². The Kier molecular flexibility index (Phi) is 15.8. The van der Waals surface area contributed by atoms with Gasteiger partial charge in [-0.1, -0.05) is 184 Å². The fourth-order valence-corrected chi connectivity index (χ4v) is 11.4. The van der Waals surface area contributed by atoms with Crippen LogP contribution in [-0.2, 0) is 34.7 Å². The van der Waals surface area contributed by atoms with Gasteiger partial charge >= 0.3 is 0 Å². The first-order valence-electron chi connectivity index (χ1n) is 29.1. The lowest BCUT2D eigenvalue weighted by Crippen LogP contribution is -2.19. The molecular weight excluding hydrogens is 953 g/mol. The molecule has 6 nitrogen and oxygen atoms in total. The summed E-state index contributed by atoms with van der Waals surface area (Å²) in [4.78, 5) is 36.6. The number of aryl methyl sites for hydroxylation is 2. The van der Waals surface area contributed by atoms with E-state index in [-0.39, 0.29) is 32.5 Å². The molecular formula is C72H86N4O2. The van der Waals surface area contributed by atoms with Crippen molar-refractivity contribution >= 4 is 77.7 Å². The average molecular weight is 1040 g/mol. The largest absolute Gasteiger partial charge is 0.340 e. The average Bonchev–Trinajstić information content (AvgIpc) is 3.57. The molecule has 2 aromatic heterocycles. The molecule has 406 valence electrons. The molecule has 0 aliphatic carbocycles. The van der Waals surface area contributed by atoms with Crippen LogP contribution >= 0.6 is 0 Å². The molecule has 6 heteroatoms. The molecule has 0 aliphatic rings. The van der Waals surface area contributed by atoms with Crippen molar-refractivity contribution < 1.29 is 0 Å². The van der Waals surface area contributed by atoms with Gasteiger partial charge in [0.2, 0.25) is 0 Å². The van der Waals surface area contributed by atoms with Gasteiger partial charge in [0.15, 0.2) is 10.9 Å². The maximum Gasteiger partial charge on any atom is 0.198 e. The highest BCUT2D eigenvalue weighted by Gasteiger charge is 2.25. The summed E-state index contributed by atoms with van der Waals surface area (Å²) in [6.07, 6.45) is 8.58. The van der Waals surface area contributed by atoms with Gasteiger partial charge in [0.05, 0.1) is 32.8 Å². The molecule has 0 radical (unpaired) electrons. The van der Waals surface area contributed by atoms with Crippen LogP contribution in [0.4, 0.5) is 34.1 Å². The molecule has 2 heterocycles. The summed E-state index contributed by atoms with van der Waals surface area (Å²) in [5, 5.41) is 2.21. The maximum atomic E-state index is 16.0. The molecule has 0 aliphatic heterocycles. The summed E-state index contributed by atoms with van der Waals surface area (Å²) in [6, 6.07) is 52.5. The third kappa shape index (κ3) is 11.3. The molecule has 0 bridgehead atoms. The smallest absolute Gasteiger partial charge is 0.198 e. The van der Waals surface area contributed by atoms with Gasteiger partial charge in [-0.2, -0.15) is 0 Å². The third-order valence-corrected chi connectivity index (χ3v) is 16.2. The Bertz CT molecular complexity index is 3340. The second-order valence-electron chi connectivity index (χ2n) is 26.2. The third-order valence-electron chi connectivity index (χ3n) is 16.2. The van der Waals surface area contributed by atoms with Gasteiger partial charge in [-0.25, -0.2) is 0 Å². The highest BCUT2D eigenvalue weighted by molar-refractivity contribution is 6.12. The fraction of sp³-hybridized carbons (Fsp3) is 0.389. The predicted molar refractivity (Wildman–Crippen MR) is 337 cm³/mol. The summed E-state index contributed by atoms with van der Waals surface area (Å²) in [6.45, 7) is 32.9. The molecule has 78 heavy (non-hydrogen) atoms. The second kappa shape index (κ2) is 22.1. The highest BCUT2D eigenvalue weighted by atomic mass is 16.1. The number of fused-ring (bicyclic) bond motifs is 5. The molecule has 0 unspecified atom stereocenters. The molecule has 0 saturated carbocycles. The van der Waals surface area contributed by atoms with Gasteiger partial charge in [-0.3, -0.25) is 9.59 Å². The van der Waals surface area contributed by atoms with Gasteiger partial charge in [-0.05, 0) is 154 Å². The van der Waals surface area contributed by atoms with Crippen molar-refractivity contribution in [2.75, 3.05) is 9.80 Å². The summed E-state index contributed by atoms with van der Waals surface area (Å²) in [7, 11) is 0. The number of aromatic nitrogens is 2. The van der Waals surface area contributed by atoms with Crippen LogP contribution in [0, 0.1) is 0 Å². The van der Waals surface area contributed by atoms with Gasteiger partial charge in [-0.15, -0.1) is 0 Å². The minimum absolute atomic E-state index is 0.0101. The van der Waals surface area contributed by atoms with E-state index in [4.69, 9.17) is 0 Å². The lowest BCUT2D eigenvalue weighted by atomic mass is 9.86. The number of rotatable bonds is 16. The molecule has 7 aromatic carbocycles. The van der Waals surface area contributed by atoms with Gasteiger partial charge in [0.1, 0.15) is 0 Å². The maximum absolute atomic E-state index is 16.0. The zero-order valence-corrected chi connectivity index (χ0v) is 49.5. The molecule has 0 saturated heterocycles. The SMILES string of the molecule is CCCCCCn1c2ccc(N(c3ccc(C(C)(C)C)cc3)c3ccc(C(C)(C)C)cc3)cc2c(=O)c2c3c(=O)c4cc(N(c5ccc(C(C)(C)C)cc5)c5ccc(C(C)(C)C)cc5)ccc4n(CCCCCC)c3ccc21. The van der Waals surface area contributed by atoms with Gasteiger partial charge in [0.25, 0.3) is 0 Å². The molecule has 0 amide bonds. The van der Waals surface area contributed by atoms with E-state index in [0.717, 1.165) is 121 Å². The minimum Gasteiger partial charge on any atom is -0.340 e. The highest BCUT2D eigenvalue weighted by Crippen LogP contribution is 2.41. The molecule has 0 N–H and O–H groups in total. The van der Waals surface area contributed by atoms with Crippen LogP contribution in [0.25, 0.3) is 43.6 Å². The summed E-state index contributed by atoms with van der Waals surface area (Å²) in [5.41, 5.74) is 13.9. The Morgan fingerprint density at radius 1 is 0.321 bits per heavy atom. The first-order chi connectivity index (χ1) is 37.0. The first kappa shape index (κ1) is 55.8. The van der Waals surface area contributed by atoms with E-state index in [1.165, 1.54) is 22.3 Å². The van der Waals surface area contributed by atoms with Crippen molar-refractivity contribution in [2.45, 2.75) is 183 Å². The number of hydrogen-bond donors (Lipinski definition) is 0. The van der Waals surface area contributed by atoms with E-state index in [1.807, 2.05) is 0 Å². The van der Waals surface area contributed by atoms with Gasteiger partial charge < -0.3 is 18.9 Å². The molecule has 0 spiro atoms. The lowest BCUT2D eigenvalue weighted by Gasteiger charge is -2.29. The monoisotopic (exact) mass is 1040 g/mol. The molecule has 9 aromatic rings. The first-order valence-corrected chi connectivity index (χ1v) is 29.1. The Morgan fingerprint density at radius 2 is 0.577 bits per heavy atom. The zero-order valence-electron chi connectivity index (χ0n) is 49.5. The van der Waals surface area contributed by atoms with Crippen LogP contribution < -0.4 is 20.7 Å². The summed E-state index contributed by atoms with van der Waals surface area (Å²) in [5.74, 6) is 0. The normalized spacial score (nSPS) is 12.6. The minimum atomic E-state index is -0.118. The lowest BCUT2D eigenvalue weighted by molar-refractivity contribution is 0.590. The number of nitrogens with zero attached hydrogens (tertiary/aromatic N) is 4. The van der Waals surface area contributed by atoms with Crippen LogP contribution in [0.5, 0.6) is 0 Å². The topological polar surface area (TPSA) is 50.5 Å². The molecule has 9 rings (SSSR count).